The van der Waals surface area contributed by atoms with Crippen LogP contribution in [-0.4, -0.2) is 42.7 Å². The van der Waals surface area contributed by atoms with E-state index in [9.17, 15) is 19.1 Å². The van der Waals surface area contributed by atoms with Gasteiger partial charge in [-0.05, 0) is 85.5 Å². The van der Waals surface area contributed by atoms with E-state index in [-0.39, 0.29) is 23.2 Å². The van der Waals surface area contributed by atoms with E-state index in [1.165, 1.54) is 24.8 Å². The van der Waals surface area contributed by atoms with Gasteiger partial charge in [0.05, 0.1) is 24.2 Å². The number of hydrogen-bond donors (Lipinski definition) is 2. The summed E-state index contributed by atoms with van der Waals surface area (Å²) in [6.45, 7) is 5.58. The van der Waals surface area contributed by atoms with Crippen LogP contribution < -0.4 is 0 Å². The van der Waals surface area contributed by atoms with Gasteiger partial charge in [0, 0.05) is 12.3 Å². The molecule has 7 atom stereocenters. The molecule has 37 heavy (non-hydrogen) atoms. The van der Waals surface area contributed by atoms with Gasteiger partial charge in [0.15, 0.2) is 11.4 Å². The summed E-state index contributed by atoms with van der Waals surface area (Å²) in [4.78, 5) is 29.1. The van der Waals surface area contributed by atoms with E-state index in [2.05, 4.69) is 35.7 Å². The number of ether oxygens (including phenoxy) is 1. The molecule has 0 unspecified atom stereocenters. The fourth-order valence-electron chi connectivity index (χ4n) is 8.66. The molecule has 3 fully saturated rings. The van der Waals surface area contributed by atoms with Gasteiger partial charge in [-0.25, -0.2) is 14.1 Å². The van der Waals surface area contributed by atoms with Crippen LogP contribution in [0.5, 0.6) is 0 Å². The first-order chi connectivity index (χ1) is 17.5. The van der Waals surface area contributed by atoms with Crippen molar-refractivity contribution < 1.29 is 23.8 Å². The summed E-state index contributed by atoms with van der Waals surface area (Å²) in [5.41, 5.74) is 1.06. The molecule has 0 spiro atoms. The number of fused-ring (bicyclic) bond motifs is 6. The first-order valence-electron chi connectivity index (χ1n) is 13.0. The highest BCUT2D eigenvalue weighted by Crippen LogP contribution is 2.68. The number of carbonyl (C=O) groups excluding carboxylic acids is 2. The van der Waals surface area contributed by atoms with Gasteiger partial charge < -0.3 is 9.84 Å². The van der Waals surface area contributed by atoms with Crippen LogP contribution in [0.4, 0.5) is 4.39 Å². The van der Waals surface area contributed by atoms with Crippen molar-refractivity contribution in [2.24, 2.45) is 28.6 Å². The molecule has 0 aromatic carbocycles. The Kier molecular flexibility index (Phi) is 5.52. The van der Waals surface area contributed by atoms with Gasteiger partial charge in [0.2, 0.25) is 5.12 Å². The number of aliphatic hydroxyl groups excluding tert-OH is 1. The second-order valence-corrected chi connectivity index (χ2v) is 12.3. The Morgan fingerprint density at radius 2 is 2.03 bits per heavy atom. The number of hydrogen-bond acceptors (Lipinski definition) is 6. The summed E-state index contributed by atoms with van der Waals surface area (Å²) >= 11 is 4.19. The van der Waals surface area contributed by atoms with Crippen LogP contribution >= 0.6 is 12.6 Å². The second kappa shape index (κ2) is 8.24. The molecule has 0 bridgehead atoms. The average molecular weight is 526 g/mol. The number of esters is 1. The molecule has 3 saturated carbocycles. The molecule has 1 N–H and O–H groups in total. The van der Waals surface area contributed by atoms with Crippen LogP contribution in [0.15, 0.2) is 30.1 Å². The van der Waals surface area contributed by atoms with Crippen molar-refractivity contribution in [3.63, 3.8) is 0 Å². The topological polar surface area (TPSA) is 94.3 Å². The van der Waals surface area contributed by atoms with E-state index in [4.69, 9.17) is 4.74 Å². The molecule has 0 saturated heterocycles. The predicted molar refractivity (Wildman–Crippen MR) is 137 cm³/mol. The zero-order valence-corrected chi connectivity index (χ0v) is 22.2. The smallest absolute Gasteiger partial charge is 0.303 e. The summed E-state index contributed by atoms with van der Waals surface area (Å²) in [6, 6.07) is 3.00. The van der Waals surface area contributed by atoms with Crippen LogP contribution in [-0.2, 0) is 20.7 Å². The van der Waals surface area contributed by atoms with Gasteiger partial charge in [-0.2, -0.15) is 5.10 Å². The van der Waals surface area contributed by atoms with Gasteiger partial charge in [0.1, 0.15) is 5.82 Å². The lowest BCUT2D eigenvalue weighted by Gasteiger charge is -2.60. The SMILES string of the molecule is CC(=O)O[C@]1(C(=O)S)CC[C@H]2[C@@H]3CCC4=Cc5c(cnn5-c5ccc(F)cn5)C[C@]4(C)[C@H]3[C@@H](O)C[C@@]21C. The van der Waals surface area contributed by atoms with Gasteiger partial charge in [-0.1, -0.05) is 19.4 Å². The summed E-state index contributed by atoms with van der Waals surface area (Å²) in [7, 11) is 0. The number of aromatic nitrogens is 3. The Morgan fingerprint density at radius 1 is 1.24 bits per heavy atom. The van der Waals surface area contributed by atoms with Gasteiger partial charge in [-0.15, -0.1) is 12.6 Å². The monoisotopic (exact) mass is 525 g/mol. The molecular formula is C28H32FN3O4S. The van der Waals surface area contributed by atoms with E-state index < -0.39 is 34.0 Å². The maximum atomic E-state index is 13.4. The van der Waals surface area contributed by atoms with Crippen molar-refractivity contribution in [3.8, 4) is 5.82 Å². The highest BCUT2D eigenvalue weighted by atomic mass is 32.1. The lowest BCUT2D eigenvalue weighted by molar-refractivity contribution is -0.194. The summed E-state index contributed by atoms with van der Waals surface area (Å²) in [5, 5.41) is 15.9. The minimum absolute atomic E-state index is 0.00849. The fourth-order valence-corrected chi connectivity index (χ4v) is 9.07. The molecule has 0 aliphatic heterocycles. The van der Waals surface area contributed by atoms with Gasteiger partial charge in [0.25, 0.3) is 0 Å². The molecular weight excluding hydrogens is 493 g/mol. The van der Waals surface area contributed by atoms with Crippen LogP contribution in [0.3, 0.4) is 0 Å². The average Bonchev–Trinajstić information content (AvgIpc) is 3.35. The number of carbonyl (C=O) groups is 2. The molecule has 6 rings (SSSR count). The quantitative estimate of drug-likeness (QED) is 0.458. The number of halogens is 1. The molecule has 9 heteroatoms. The maximum Gasteiger partial charge on any atom is 0.303 e. The third kappa shape index (κ3) is 3.35. The van der Waals surface area contributed by atoms with Crippen LogP contribution in [0, 0.1) is 34.4 Å². The molecule has 0 radical (unpaired) electrons. The Labute approximate surface area is 220 Å². The zero-order valence-electron chi connectivity index (χ0n) is 21.3. The Hall–Kier alpha value is -2.52. The third-order valence-electron chi connectivity index (χ3n) is 10.1. The van der Waals surface area contributed by atoms with Crippen molar-refractivity contribution in [2.45, 2.75) is 71.0 Å². The van der Waals surface area contributed by atoms with Crippen LogP contribution in [0.25, 0.3) is 11.9 Å². The lowest BCUT2D eigenvalue weighted by Crippen LogP contribution is -2.62. The van der Waals surface area contributed by atoms with Crippen molar-refractivity contribution in [1.82, 2.24) is 14.8 Å². The third-order valence-corrected chi connectivity index (χ3v) is 10.5. The molecule has 4 aliphatic carbocycles. The first-order valence-corrected chi connectivity index (χ1v) is 13.5. The van der Waals surface area contributed by atoms with Crippen molar-refractivity contribution in [3.05, 3.63) is 47.2 Å². The standard InChI is InChI=1S/C28H32FN3O4S/c1-15(33)36-28(25(35)37)9-8-20-19-6-4-17-10-21-16(13-31-32(21)23-7-5-18(29)14-30-23)11-26(17,2)24(19)22(34)12-27(20,28)3/h5,7,10,13-14,19-20,22,24,34H,4,6,8-9,11-12H2,1-3H3,(H,35,37)/t19-,20-,22-,24+,26-,27-,28-/m0/s1. The number of rotatable bonds is 3. The minimum Gasteiger partial charge on any atom is -0.450 e. The molecule has 7 nitrogen and oxygen atoms in total. The molecule has 2 aromatic heterocycles. The Bertz CT molecular complexity index is 1330. The minimum atomic E-state index is -1.31. The van der Waals surface area contributed by atoms with Gasteiger partial charge >= 0.3 is 5.97 Å². The van der Waals surface area contributed by atoms with Crippen LogP contribution in [0.1, 0.15) is 64.1 Å². The lowest BCUT2D eigenvalue weighted by atomic mass is 9.45. The maximum absolute atomic E-state index is 13.4. The van der Waals surface area contributed by atoms with Crippen molar-refractivity contribution in [1.29, 1.82) is 0 Å². The summed E-state index contributed by atoms with van der Waals surface area (Å²) < 4.78 is 21.0. The molecule has 0 amide bonds. The number of aliphatic hydroxyl groups is 1. The fraction of sp³-hybridized carbons (Fsp3) is 0.571. The predicted octanol–water partition coefficient (Wildman–Crippen LogP) is 4.32. The highest BCUT2D eigenvalue weighted by Gasteiger charge is 2.70. The van der Waals surface area contributed by atoms with Crippen molar-refractivity contribution >= 4 is 29.8 Å². The number of pyridine rings is 1. The van der Waals surface area contributed by atoms with E-state index >= 15 is 0 Å². The molecule has 196 valence electrons. The van der Waals surface area contributed by atoms with E-state index in [0.717, 1.165) is 36.9 Å². The number of thiol groups is 1. The summed E-state index contributed by atoms with van der Waals surface area (Å²) in [5.74, 6) is 0.0213. The first kappa shape index (κ1) is 24.8. The Morgan fingerprint density at radius 3 is 2.70 bits per heavy atom. The van der Waals surface area contributed by atoms with E-state index in [1.807, 2.05) is 13.1 Å². The number of nitrogens with zero attached hydrogens (tertiary/aromatic N) is 3. The zero-order chi connectivity index (χ0) is 26.3. The largest absolute Gasteiger partial charge is 0.450 e. The van der Waals surface area contributed by atoms with Crippen LogP contribution in [0.2, 0.25) is 0 Å². The van der Waals surface area contributed by atoms with E-state index in [0.29, 0.717) is 18.7 Å². The van der Waals surface area contributed by atoms with Crippen molar-refractivity contribution in [2.75, 3.05) is 0 Å². The highest BCUT2D eigenvalue weighted by molar-refractivity contribution is 7.96. The normalized spacial score (nSPS) is 38.1. The molecule has 4 aliphatic rings. The van der Waals surface area contributed by atoms with Gasteiger partial charge in [-0.3, -0.25) is 9.59 Å². The molecule has 2 aromatic rings. The Balaban J connectivity index is 1.37. The molecule has 2 heterocycles. The summed E-state index contributed by atoms with van der Waals surface area (Å²) in [6.07, 6.45) is 8.64. The second-order valence-electron chi connectivity index (χ2n) is 11.9. The van der Waals surface area contributed by atoms with E-state index in [1.54, 1.807) is 10.7 Å². The number of allylic oxidation sites excluding steroid dienone is 1.